The number of nitrogens with zero attached hydrogens (tertiary/aromatic N) is 2. The Bertz CT molecular complexity index is 712. The Morgan fingerprint density at radius 1 is 1.46 bits per heavy atom. The van der Waals surface area contributed by atoms with Gasteiger partial charge in [0.05, 0.1) is 19.8 Å². The molecule has 8 heteroatoms. The van der Waals surface area contributed by atoms with Gasteiger partial charge < -0.3 is 24.8 Å². The summed E-state index contributed by atoms with van der Waals surface area (Å²) in [7, 11) is 1.54. The minimum atomic E-state index is -0.839. The smallest absolute Gasteiger partial charge is 0.408 e. The zero-order valence-electron chi connectivity index (χ0n) is 17.0. The Morgan fingerprint density at radius 3 is 2.75 bits per heavy atom. The summed E-state index contributed by atoms with van der Waals surface area (Å²) in [6, 6.07) is 2.80. The number of nitrogens with one attached hydrogen (secondary N) is 1. The molecule has 0 bridgehead atoms. The average molecular weight is 391 g/mol. The molecule has 1 aliphatic rings. The van der Waals surface area contributed by atoms with E-state index in [0.717, 1.165) is 5.56 Å². The van der Waals surface area contributed by atoms with Crippen molar-refractivity contribution in [1.82, 2.24) is 15.2 Å². The van der Waals surface area contributed by atoms with Crippen LogP contribution in [0, 0.1) is 0 Å². The minimum absolute atomic E-state index is 0.0989. The fourth-order valence-electron chi connectivity index (χ4n) is 2.92. The van der Waals surface area contributed by atoms with Gasteiger partial charge in [-0.1, -0.05) is 12.2 Å². The second kappa shape index (κ2) is 9.05. The lowest BCUT2D eigenvalue weighted by atomic mass is 10.2. The first-order chi connectivity index (χ1) is 13.1. The lowest BCUT2D eigenvalue weighted by Crippen LogP contribution is -2.45. The van der Waals surface area contributed by atoms with Crippen LogP contribution in [0.1, 0.15) is 39.7 Å². The van der Waals surface area contributed by atoms with E-state index < -0.39 is 23.8 Å². The fourth-order valence-corrected chi connectivity index (χ4v) is 2.92. The summed E-state index contributed by atoms with van der Waals surface area (Å²) in [6.45, 7) is 7.32. The molecule has 2 rings (SSSR count). The number of carbonyl (C=O) groups is 2. The quantitative estimate of drug-likeness (QED) is 0.769. The molecule has 0 aromatic carbocycles. The van der Waals surface area contributed by atoms with Gasteiger partial charge in [-0.25, -0.2) is 9.78 Å². The third-order valence-corrected chi connectivity index (χ3v) is 4.24. The zero-order chi connectivity index (χ0) is 20.9. The number of likely N-dealkylation sites (tertiary alicyclic amines) is 1. The molecule has 2 heterocycles. The van der Waals surface area contributed by atoms with Crippen LogP contribution in [-0.4, -0.2) is 64.4 Å². The van der Waals surface area contributed by atoms with E-state index >= 15 is 0 Å². The molecular weight excluding hydrogens is 362 g/mol. The number of aliphatic hydroxyl groups excluding tert-OH is 1. The number of aliphatic hydroxyl groups is 1. The van der Waals surface area contributed by atoms with Gasteiger partial charge in [0.1, 0.15) is 11.6 Å². The molecule has 1 aromatic heterocycles. The molecule has 1 fully saturated rings. The first-order valence-corrected chi connectivity index (χ1v) is 9.25. The number of pyridine rings is 1. The molecule has 1 aliphatic heterocycles. The predicted molar refractivity (Wildman–Crippen MR) is 105 cm³/mol. The molecule has 0 aliphatic carbocycles. The maximum Gasteiger partial charge on any atom is 0.408 e. The molecule has 0 saturated carbocycles. The van der Waals surface area contributed by atoms with Crippen molar-refractivity contribution < 1.29 is 24.2 Å². The lowest BCUT2D eigenvalue weighted by Gasteiger charge is -2.23. The highest BCUT2D eigenvalue weighted by atomic mass is 16.6. The number of methoxy groups -OCH3 is 1. The Labute approximate surface area is 165 Å². The summed E-state index contributed by atoms with van der Waals surface area (Å²) in [4.78, 5) is 30.2. The van der Waals surface area contributed by atoms with Gasteiger partial charge >= 0.3 is 6.09 Å². The van der Waals surface area contributed by atoms with Crippen molar-refractivity contribution in [2.75, 3.05) is 13.7 Å². The number of β-amino-alcohol motifs (C(OH)–C–C–N with tert-alkyl or cyclic N) is 1. The number of rotatable bonds is 6. The van der Waals surface area contributed by atoms with Crippen molar-refractivity contribution in [3.05, 3.63) is 30.0 Å². The average Bonchev–Trinajstić information content (AvgIpc) is 2.86. The van der Waals surface area contributed by atoms with Crippen LogP contribution in [0.2, 0.25) is 0 Å². The third kappa shape index (κ3) is 6.23. The van der Waals surface area contributed by atoms with Gasteiger partial charge in [0.15, 0.2) is 0 Å². The highest BCUT2D eigenvalue weighted by Crippen LogP contribution is 2.20. The van der Waals surface area contributed by atoms with Crippen LogP contribution in [0.5, 0.6) is 5.88 Å². The number of alkyl carbamates (subject to hydrolysis) is 1. The van der Waals surface area contributed by atoms with E-state index in [9.17, 15) is 14.7 Å². The van der Waals surface area contributed by atoms with E-state index in [1.165, 1.54) is 0 Å². The number of carbonyl (C=O) groups excluding carboxylic acids is 2. The van der Waals surface area contributed by atoms with Crippen LogP contribution in [-0.2, 0) is 9.53 Å². The first kappa shape index (κ1) is 21.7. The highest BCUT2D eigenvalue weighted by molar-refractivity contribution is 5.88. The molecule has 28 heavy (non-hydrogen) atoms. The summed E-state index contributed by atoms with van der Waals surface area (Å²) in [6.07, 6.45) is 3.99. The van der Waals surface area contributed by atoms with E-state index in [2.05, 4.69) is 10.3 Å². The van der Waals surface area contributed by atoms with Crippen molar-refractivity contribution in [2.24, 2.45) is 0 Å². The molecule has 8 nitrogen and oxygen atoms in total. The predicted octanol–water partition coefficient (Wildman–Crippen LogP) is 1.98. The number of hydrogen-bond donors (Lipinski definition) is 2. The summed E-state index contributed by atoms with van der Waals surface area (Å²) in [5, 5.41) is 12.9. The number of ether oxygens (including phenoxy) is 2. The van der Waals surface area contributed by atoms with Gasteiger partial charge in [0, 0.05) is 18.3 Å². The van der Waals surface area contributed by atoms with Crippen molar-refractivity contribution in [1.29, 1.82) is 0 Å². The second-order valence-corrected chi connectivity index (χ2v) is 7.83. The van der Waals surface area contributed by atoms with Crippen LogP contribution in [0.25, 0.3) is 6.08 Å². The lowest BCUT2D eigenvalue weighted by molar-refractivity contribution is -0.131. The largest absolute Gasteiger partial charge is 0.481 e. The standard InChI is InChI=1S/C20H29N3O5/c1-13-10-16(22-19(26)28-20(2,3)4)18(25)23(13)12-15(24)8-6-14-7-9-17(27-5)21-11-14/h6-9,11,13,15-16,24H,10,12H2,1-5H3,(H,22,26)/t13-,15-,16+/m1/s1. The van der Waals surface area contributed by atoms with Gasteiger partial charge in [-0.15, -0.1) is 0 Å². The summed E-state index contributed by atoms with van der Waals surface area (Å²) in [5.41, 5.74) is 0.180. The second-order valence-electron chi connectivity index (χ2n) is 7.83. The summed E-state index contributed by atoms with van der Waals surface area (Å²) in [5.74, 6) is 0.287. The van der Waals surface area contributed by atoms with Crippen molar-refractivity contribution in [3.8, 4) is 5.88 Å². The zero-order valence-corrected chi connectivity index (χ0v) is 17.0. The van der Waals surface area contributed by atoms with Crippen LogP contribution >= 0.6 is 0 Å². The van der Waals surface area contributed by atoms with E-state index in [1.54, 1.807) is 57.2 Å². The SMILES string of the molecule is COc1ccc(C=C[C@@H](O)CN2C(=O)[C@@H](NC(=O)OC(C)(C)C)C[C@H]2C)cn1. The molecule has 1 aromatic rings. The van der Waals surface area contributed by atoms with Crippen molar-refractivity contribution in [2.45, 2.75) is 57.9 Å². The van der Waals surface area contributed by atoms with Crippen LogP contribution in [0.15, 0.2) is 24.4 Å². The maximum atomic E-state index is 12.6. The molecule has 0 radical (unpaired) electrons. The topological polar surface area (TPSA) is 101 Å². The number of amides is 2. The monoisotopic (exact) mass is 391 g/mol. The fraction of sp³-hybridized carbons (Fsp3) is 0.550. The summed E-state index contributed by atoms with van der Waals surface area (Å²) >= 11 is 0. The van der Waals surface area contributed by atoms with Gasteiger partial charge in [-0.05, 0) is 45.7 Å². The third-order valence-electron chi connectivity index (χ3n) is 4.24. The van der Waals surface area contributed by atoms with Gasteiger partial charge in [-0.2, -0.15) is 0 Å². The normalized spacial score (nSPS) is 21.1. The highest BCUT2D eigenvalue weighted by Gasteiger charge is 2.39. The van der Waals surface area contributed by atoms with E-state index in [1.807, 2.05) is 13.0 Å². The molecule has 2 N–H and O–H groups in total. The van der Waals surface area contributed by atoms with Crippen LogP contribution in [0.4, 0.5) is 4.79 Å². The Balaban J connectivity index is 1.91. The summed E-state index contributed by atoms with van der Waals surface area (Å²) < 4.78 is 10.2. The van der Waals surface area contributed by atoms with Gasteiger partial charge in [0.25, 0.3) is 0 Å². The number of aromatic nitrogens is 1. The van der Waals surface area contributed by atoms with Gasteiger partial charge in [-0.3, -0.25) is 4.79 Å². The Morgan fingerprint density at radius 2 is 2.18 bits per heavy atom. The molecule has 154 valence electrons. The first-order valence-electron chi connectivity index (χ1n) is 9.25. The molecule has 1 saturated heterocycles. The molecule has 2 amide bonds. The Hall–Kier alpha value is -2.61. The molecule has 0 unspecified atom stereocenters. The molecular formula is C20H29N3O5. The van der Waals surface area contributed by atoms with E-state index in [4.69, 9.17) is 9.47 Å². The van der Waals surface area contributed by atoms with Crippen molar-refractivity contribution >= 4 is 18.1 Å². The van der Waals surface area contributed by atoms with E-state index in [-0.39, 0.29) is 18.5 Å². The molecule has 0 spiro atoms. The maximum absolute atomic E-state index is 12.6. The van der Waals surface area contributed by atoms with Crippen molar-refractivity contribution in [3.63, 3.8) is 0 Å². The minimum Gasteiger partial charge on any atom is -0.481 e. The molecule has 3 atom stereocenters. The Kier molecular flexibility index (Phi) is 7.01. The number of hydrogen-bond acceptors (Lipinski definition) is 6. The van der Waals surface area contributed by atoms with Crippen LogP contribution in [0.3, 0.4) is 0 Å². The van der Waals surface area contributed by atoms with Gasteiger partial charge in [0.2, 0.25) is 11.8 Å². The van der Waals surface area contributed by atoms with Crippen LogP contribution < -0.4 is 10.1 Å². The van der Waals surface area contributed by atoms with E-state index in [0.29, 0.717) is 12.3 Å².